The van der Waals surface area contributed by atoms with Gasteiger partial charge in [0.25, 0.3) is 5.91 Å². The Morgan fingerprint density at radius 3 is 2.50 bits per heavy atom. The Balaban J connectivity index is 1.52. The number of fused-ring (bicyclic) bond motifs is 1. The van der Waals surface area contributed by atoms with Crippen LogP contribution in [0.4, 0.5) is 5.69 Å². The van der Waals surface area contributed by atoms with Crippen molar-refractivity contribution in [1.82, 2.24) is 9.55 Å². The zero-order valence-corrected chi connectivity index (χ0v) is 16.3. The van der Waals surface area contributed by atoms with E-state index in [9.17, 15) is 4.79 Å². The Kier molecular flexibility index (Phi) is 5.13. The van der Waals surface area contributed by atoms with E-state index >= 15 is 0 Å². The summed E-state index contributed by atoms with van der Waals surface area (Å²) in [7, 11) is 2.03. The molecule has 0 aliphatic rings. The van der Waals surface area contributed by atoms with Crippen molar-refractivity contribution in [2.75, 3.05) is 5.32 Å². The van der Waals surface area contributed by atoms with Crippen molar-refractivity contribution in [3.63, 3.8) is 0 Å². The maximum atomic E-state index is 12.4. The smallest absolute Gasteiger partial charge is 0.255 e. The standard InChI is InChI=1S/C23H20ClN3O/c1-27-21-13-12-19(25-23(28)17-8-10-18(24)11-9-17)15-20(21)26-22(27)14-7-16-5-3-2-4-6-16/h2-6,8-13,15H,7,14H2,1H3,(H,25,28). The first-order valence-electron chi connectivity index (χ1n) is 9.16. The molecule has 0 unspecified atom stereocenters. The third-order valence-corrected chi connectivity index (χ3v) is 5.07. The molecule has 1 amide bonds. The molecule has 0 spiro atoms. The Bertz CT molecular complexity index is 1120. The van der Waals surface area contributed by atoms with E-state index < -0.39 is 0 Å². The van der Waals surface area contributed by atoms with Crippen LogP contribution in [0.1, 0.15) is 21.7 Å². The average Bonchev–Trinajstić information content (AvgIpc) is 3.03. The number of nitrogens with zero attached hydrogens (tertiary/aromatic N) is 2. The van der Waals surface area contributed by atoms with Gasteiger partial charge in [0.05, 0.1) is 11.0 Å². The number of hydrogen-bond acceptors (Lipinski definition) is 2. The van der Waals surface area contributed by atoms with Crippen LogP contribution in [-0.4, -0.2) is 15.5 Å². The van der Waals surface area contributed by atoms with Crippen molar-refractivity contribution in [3.05, 3.63) is 94.8 Å². The van der Waals surface area contributed by atoms with Crippen molar-refractivity contribution >= 4 is 34.2 Å². The molecular formula is C23H20ClN3O. The van der Waals surface area contributed by atoms with Crippen molar-refractivity contribution in [2.24, 2.45) is 7.05 Å². The lowest BCUT2D eigenvalue weighted by atomic mass is 10.1. The van der Waals surface area contributed by atoms with E-state index in [0.717, 1.165) is 35.4 Å². The molecule has 0 aliphatic carbocycles. The first-order chi connectivity index (χ1) is 13.6. The normalized spacial score (nSPS) is 10.9. The quantitative estimate of drug-likeness (QED) is 0.505. The van der Waals surface area contributed by atoms with Crippen LogP contribution in [-0.2, 0) is 19.9 Å². The number of carbonyl (C=O) groups is 1. The number of benzene rings is 3. The van der Waals surface area contributed by atoms with Crippen LogP contribution in [0.5, 0.6) is 0 Å². The number of nitrogens with one attached hydrogen (secondary N) is 1. The number of hydrogen-bond donors (Lipinski definition) is 1. The number of anilines is 1. The van der Waals surface area contributed by atoms with Crippen molar-refractivity contribution in [1.29, 1.82) is 0 Å². The second-order valence-electron chi connectivity index (χ2n) is 6.74. The summed E-state index contributed by atoms with van der Waals surface area (Å²) in [4.78, 5) is 17.2. The second-order valence-corrected chi connectivity index (χ2v) is 7.17. The molecule has 28 heavy (non-hydrogen) atoms. The fraction of sp³-hybridized carbons (Fsp3) is 0.130. The van der Waals surface area contributed by atoms with E-state index in [4.69, 9.17) is 16.6 Å². The summed E-state index contributed by atoms with van der Waals surface area (Å²) in [5.74, 6) is 0.858. The summed E-state index contributed by atoms with van der Waals surface area (Å²) < 4.78 is 2.11. The number of aromatic nitrogens is 2. The molecule has 0 saturated carbocycles. The fourth-order valence-corrected chi connectivity index (χ4v) is 3.38. The van der Waals surface area contributed by atoms with Crippen LogP contribution >= 0.6 is 11.6 Å². The monoisotopic (exact) mass is 389 g/mol. The van der Waals surface area contributed by atoms with Crippen molar-refractivity contribution in [2.45, 2.75) is 12.8 Å². The minimum absolute atomic E-state index is 0.170. The Labute approximate surface area is 168 Å². The Hall–Kier alpha value is -3.11. The highest BCUT2D eigenvalue weighted by Gasteiger charge is 2.11. The summed E-state index contributed by atoms with van der Waals surface area (Å²) in [5, 5.41) is 3.53. The SMILES string of the molecule is Cn1c(CCc2ccccc2)nc2cc(NC(=O)c3ccc(Cl)cc3)ccc21. The summed E-state index contributed by atoms with van der Waals surface area (Å²) in [6, 6.07) is 23.0. The zero-order valence-electron chi connectivity index (χ0n) is 15.5. The van der Waals surface area contributed by atoms with Gasteiger partial charge >= 0.3 is 0 Å². The van der Waals surface area contributed by atoms with E-state index in [-0.39, 0.29) is 5.91 Å². The first kappa shape index (κ1) is 18.3. The predicted molar refractivity (Wildman–Crippen MR) is 114 cm³/mol. The van der Waals surface area contributed by atoms with Gasteiger partial charge in [0.1, 0.15) is 5.82 Å². The predicted octanol–water partition coefficient (Wildman–Crippen LogP) is 5.26. The molecule has 1 aromatic heterocycles. The van der Waals surface area contributed by atoms with Crippen LogP contribution in [0.3, 0.4) is 0 Å². The van der Waals surface area contributed by atoms with Gasteiger partial charge in [-0.15, -0.1) is 0 Å². The minimum atomic E-state index is -0.170. The summed E-state index contributed by atoms with van der Waals surface area (Å²) in [5.41, 5.74) is 4.51. The van der Waals surface area contributed by atoms with Gasteiger partial charge in [-0.05, 0) is 54.4 Å². The summed E-state index contributed by atoms with van der Waals surface area (Å²) in [6.45, 7) is 0. The maximum absolute atomic E-state index is 12.4. The van der Waals surface area contributed by atoms with E-state index in [0.29, 0.717) is 10.6 Å². The van der Waals surface area contributed by atoms with E-state index in [1.165, 1.54) is 5.56 Å². The highest BCUT2D eigenvalue weighted by atomic mass is 35.5. The number of halogens is 1. The summed E-state index contributed by atoms with van der Waals surface area (Å²) >= 11 is 5.88. The number of imidazole rings is 1. The van der Waals surface area contributed by atoms with Gasteiger partial charge in [-0.1, -0.05) is 41.9 Å². The molecule has 0 bridgehead atoms. The largest absolute Gasteiger partial charge is 0.331 e. The molecule has 0 saturated heterocycles. The van der Waals surface area contributed by atoms with Gasteiger partial charge in [0, 0.05) is 29.7 Å². The van der Waals surface area contributed by atoms with Gasteiger partial charge in [0.2, 0.25) is 0 Å². The lowest BCUT2D eigenvalue weighted by Crippen LogP contribution is -2.11. The number of aryl methyl sites for hydroxylation is 3. The van der Waals surface area contributed by atoms with Crippen LogP contribution < -0.4 is 5.32 Å². The molecule has 140 valence electrons. The molecule has 4 rings (SSSR count). The Morgan fingerprint density at radius 2 is 1.75 bits per heavy atom. The molecule has 0 radical (unpaired) electrons. The van der Waals surface area contributed by atoms with Crippen molar-refractivity contribution in [3.8, 4) is 0 Å². The van der Waals surface area contributed by atoms with Crippen LogP contribution in [0.2, 0.25) is 5.02 Å². The highest BCUT2D eigenvalue weighted by molar-refractivity contribution is 6.30. The van der Waals surface area contributed by atoms with Gasteiger partial charge in [-0.2, -0.15) is 0 Å². The zero-order chi connectivity index (χ0) is 19.5. The topological polar surface area (TPSA) is 46.9 Å². The number of rotatable bonds is 5. The van der Waals surface area contributed by atoms with Crippen molar-refractivity contribution < 1.29 is 4.79 Å². The fourth-order valence-electron chi connectivity index (χ4n) is 3.26. The second kappa shape index (κ2) is 7.87. The number of amides is 1. The molecule has 0 aliphatic heterocycles. The molecule has 1 heterocycles. The lowest BCUT2D eigenvalue weighted by Gasteiger charge is -2.06. The van der Waals surface area contributed by atoms with Gasteiger partial charge in [-0.25, -0.2) is 4.98 Å². The molecule has 4 aromatic rings. The first-order valence-corrected chi connectivity index (χ1v) is 9.54. The Morgan fingerprint density at radius 1 is 1.00 bits per heavy atom. The molecule has 3 aromatic carbocycles. The van der Waals surface area contributed by atoms with E-state index in [2.05, 4.69) is 34.1 Å². The molecule has 4 nitrogen and oxygen atoms in total. The van der Waals surface area contributed by atoms with Crippen LogP contribution in [0.15, 0.2) is 72.8 Å². The van der Waals surface area contributed by atoms with E-state index in [1.807, 2.05) is 31.3 Å². The molecule has 1 N–H and O–H groups in total. The van der Waals surface area contributed by atoms with Gasteiger partial charge in [0.15, 0.2) is 0 Å². The molecular weight excluding hydrogens is 370 g/mol. The molecule has 0 fully saturated rings. The highest BCUT2D eigenvalue weighted by Crippen LogP contribution is 2.21. The molecule has 0 atom stereocenters. The third kappa shape index (κ3) is 3.92. The molecule has 5 heteroatoms. The number of carbonyl (C=O) groups excluding carboxylic acids is 1. The average molecular weight is 390 g/mol. The van der Waals surface area contributed by atoms with E-state index in [1.54, 1.807) is 24.3 Å². The lowest BCUT2D eigenvalue weighted by molar-refractivity contribution is 0.102. The van der Waals surface area contributed by atoms with Gasteiger partial charge in [-0.3, -0.25) is 4.79 Å². The minimum Gasteiger partial charge on any atom is -0.331 e. The van der Waals surface area contributed by atoms with Crippen LogP contribution in [0.25, 0.3) is 11.0 Å². The van der Waals surface area contributed by atoms with Gasteiger partial charge < -0.3 is 9.88 Å². The summed E-state index contributed by atoms with van der Waals surface area (Å²) in [6.07, 6.45) is 1.81. The third-order valence-electron chi connectivity index (χ3n) is 4.82. The maximum Gasteiger partial charge on any atom is 0.255 e. The van der Waals surface area contributed by atoms with Crippen LogP contribution in [0, 0.1) is 0 Å².